The van der Waals surface area contributed by atoms with Gasteiger partial charge in [0.05, 0.1) is 17.1 Å². The molecule has 0 radical (unpaired) electrons. The third-order valence-corrected chi connectivity index (χ3v) is 11.2. The Kier molecular flexibility index (Phi) is 8.26. The smallest absolute Gasteiger partial charge is 0.157 e. The van der Waals surface area contributed by atoms with Gasteiger partial charge in [0.2, 0.25) is 0 Å². The fourth-order valence-corrected chi connectivity index (χ4v) is 8.41. The number of nitrogens with zero attached hydrogens (tertiary/aromatic N) is 3. The van der Waals surface area contributed by atoms with Gasteiger partial charge in [-0.15, -0.1) is 0 Å². The number of hydrogen-bond donors (Lipinski definition) is 0. The predicted molar refractivity (Wildman–Crippen MR) is 232 cm³/mol. The van der Waals surface area contributed by atoms with Crippen molar-refractivity contribution in [1.82, 2.24) is 4.57 Å². The summed E-state index contributed by atoms with van der Waals surface area (Å²) in [4.78, 5) is 11.1. The van der Waals surface area contributed by atoms with Crippen LogP contribution in [0.2, 0.25) is 0 Å². The minimum absolute atomic E-state index is 0.0438. The molecule has 2 unspecified atom stereocenters. The molecular weight excluding hydrogens is 667 g/mol. The lowest BCUT2D eigenvalue weighted by Crippen LogP contribution is -2.32. The van der Waals surface area contributed by atoms with Crippen LogP contribution in [0.3, 0.4) is 0 Å². The van der Waals surface area contributed by atoms with E-state index in [0.29, 0.717) is 0 Å². The summed E-state index contributed by atoms with van der Waals surface area (Å²) in [6.45, 7) is 2.27. The molecule has 55 heavy (non-hydrogen) atoms. The van der Waals surface area contributed by atoms with Crippen LogP contribution in [0, 0.1) is 5.92 Å². The van der Waals surface area contributed by atoms with E-state index in [1.54, 1.807) is 0 Å². The summed E-state index contributed by atoms with van der Waals surface area (Å²) in [5.74, 6) is 1.83. The van der Waals surface area contributed by atoms with Crippen LogP contribution in [0.5, 0.6) is 0 Å². The van der Waals surface area contributed by atoms with Gasteiger partial charge in [-0.2, -0.15) is 0 Å². The highest BCUT2D eigenvalue weighted by molar-refractivity contribution is 6.18. The van der Waals surface area contributed by atoms with Crippen molar-refractivity contribution >= 4 is 44.2 Å². The van der Waals surface area contributed by atoms with E-state index < -0.39 is 0 Å². The Hall–Kier alpha value is -6.84. The molecule has 1 aliphatic heterocycles. The van der Waals surface area contributed by atoms with E-state index >= 15 is 0 Å². The summed E-state index contributed by atoms with van der Waals surface area (Å²) in [6.07, 6.45) is 0.883. The Labute approximate surface area is 321 Å². The number of para-hydroxylation sites is 2. The lowest BCUT2D eigenvalue weighted by Gasteiger charge is -2.31. The molecule has 1 aliphatic rings. The van der Waals surface area contributed by atoms with Gasteiger partial charge >= 0.3 is 0 Å². The number of hydrogen-bond acceptors (Lipinski definition) is 2. The number of fused-ring (bicyclic) bond motifs is 4. The van der Waals surface area contributed by atoms with E-state index in [1.165, 1.54) is 54.9 Å². The van der Waals surface area contributed by atoms with Gasteiger partial charge in [-0.05, 0) is 86.5 Å². The summed E-state index contributed by atoms with van der Waals surface area (Å²) >= 11 is 0. The van der Waals surface area contributed by atoms with Crippen LogP contribution in [0.4, 0.5) is 0 Å². The van der Waals surface area contributed by atoms with Crippen LogP contribution in [0.1, 0.15) is 30.5 Å². The van der Waals surface area contributed by atoms with Crippen molar-refractivity contribution in [2.75, 3.05) is 0 Å². The first-order valence-electron chi connectivity index (χ1n) is 19.2. The minimum Gasteiger partial charge on any atom is -0.297 e. The van der Waals surface area contributed by atoms with Gasteiger partial charge in [-0.1, -0.05) is 171 Å². The number of aromatic nitrogens is 1. The van der Waals surface area contributed by atoms with E-state index in [4.69, 9.17) is 9.98 Å². The summed E-state index contributed by atoms with van der Waals surface area (Å²) in [7, 11) is 0. The van der Waals surface area contributed by atoms with Crippen molar-refractivity contribution in [2.24, 2.45) is 15.9 Å². The van der Waals surface area contributed by atoms with Gasteiger partial charge in [0.25, 0.3) is 0 Å². The largest absolute Gasteiger partial charge is 0.297 e. The van der Waals surface area contributed by atoms with E-state index in [1.807, 2.05) is 0 Å². The van der Waals surface area contributed by atoms with Crippen molar-refractivity contribution < 1.29 is 0 Å². The molecule has 1 aromatic heterocycles. The Balaban J connectivity index is 1.12. The molecule has 262 valence electrons. The number of rotatable bonds is 6. The Morgan fingerprint density at radius 3 is 1.69 bits per heavy atom. The average molecular weight is 706 g/mol. The molecule has 0 aliphatic carbocycles. The lowest BCUT2D eigenvalue weighted by molar-refractivity contribution is 0.522. The summed E-state index contributed by atoms with van der Waals surface area (Å²) in [5, 5.41) is 4.93. The molecule has 0 bridgehead atoms. The molecule has 8 aromatic carbocycles. The normalized spacial score (nSPS) is 15.7. The van der Waals surface area contributed by atoms with Gasteiger partial charge < -0.3 is 0 Å². The van der Waals surface area contributed by atoms with Crippen LogP contribution in [-0.2, 0) is 0 Å². The molecular formula is C52H39N3. The standard InChI is InChI=1S/C52H39N3/c1-2-45-50(43-20-12-18-40(33-43)38-28-26-37(27-29-38)35-14-4-3-5-15-35)53-51(44-21-13-19-41(34-44)42-31-30-36-16-6-7-17-39(36)32-42)54-52(45)55-48-24-10-8-22-46(48)47-23-9-11-25-49(47)55/h3-34,45,50H,2H2,1H3. The van der Waals surface area contributed by atoms with E-state index in [9.17, 15) is 0 Å². The van der Waals surface area contributed by atoms with E-state index in [-0.39, 0.29) is 12.0 Å². The maximum atomic E-state index is 5.58. The molecule has 0 saturated heterocycles. The fourth-order valence-electron chi connectivity index (χ4n) is 8.41. The fraction of sp³-hybridized carbons (Fsp3) is 0.0769. The molecule has 0 saturated carbocycles. The predicted octanol–water partition coefficient (Wildman–Crippen LogP) is 13.4. The average Bonchev–Trinajstić information content (AvgIpc) is 3.60. The first-order chi connectivity index (χ1) is 27.2. The van der Waals surface area contributed by atoms with E-state index in [0.717, 1.165) is 40.3 Å². The van der Waals surface area contributed by atoms with Crippen LogP contribution in [0.25, 0.3) is 66.0 Å². The molecule has 2 heterocycles. The zero-order valence-corrected chi connectivity index (χ0v) is 30.7. The zero-order valence-electron chi connectivity index (χ0n) is 30.7. The van der Waals surface area contributed by atoms with E-state index in [2.05, 4.69) is 206 Å². The Morgan fingerprint density at radius 2 is 0.964 bits per heavy atom. The van der Waals surface area contributed by atoms with Crippen molar-refractivity contribution in [3.05, 3.63) is 205 Å². The second kappa shape index (κ2) is 13.9. The Bertz CT molecular complexity index is 2860. The molecule has 0 amide bonds. The maximum Gasteiger partial charge on any atom is 0.157 e. The molecule has 3 nitrogen and oxygen atoms in total. The van der Waals surface area contributed by atoms with Gasteiger partial charge in [0, 0.05) is 22.3 Å². The maximum absolute atomic E-state index is 5.58. The van der Waals surface area contributed by atoms with Crippen molar-refractivity contribution in [3.8, 4) is 33.4 Å². The van der Waals surface area contributed by atoms with Gasteiger partial charge in [0.15, 0.2) is 5.84 Å². The number of benzene rings is 8. The second-order valence-corrected chi connectivity index (χ2v) is 14.5. The lowest BCUT2D eigenvalue weighted by atomic mass is 9.87. The van der Waals surface area contributed by atoms with Crippen molar-refractivity contribution in [2.45, 2.75) is 19.4 Å². The topological polar surface area (TPSA) is 29.6 Å². The highest BCUT2D eigenvalue weighted by Gasteiger charge is 2.34. The first kappa shape index (κ1) is 32.8. The third kappa shape index (κ3) is 5.95. The molecule has 2 atom stereocenters. The highest BCUT2D eigenvalue weighted by atomic mass is 15.1. The van der Waals surface area contributed by atoms with Crippen molar-refractivity contribution in [1.29, 1.82) is 0 Å². The highest BCUT2D eigenvalue weighted by Crippen LogP contribution is 2.40. The molecule has 3 heteroatoms. The summed E-state index contributed by atoms with van der Waals surface area (Å²) < 4.78 is 2.40. The van der Waals surface area contributed by atoms with Crippen LogP contribution < -0.4 is 0 Å². The molecule has 10 rings (SSSR count). The minimum atomic E-state index is -0.139. The van der Waals surface area contributed by atoms with Gasteiger partial charge in [-0.25, -0.2) is 4.99 Å². The van der Waals surface area contributed by atoms with Gasteiger partial charge in [0.1, 0.15) is 5.84 Å². The molecule has 9 aromatic rings. The number of amidine groups is 1. The Morgan fingerprint density at radius 1 is 0.436 bits per heavy atom. The zero-order chi connectivity index (χ0) is 36.7. The van der Waals surface area contributed by atoms with Crippen LogP contribution in [0.15, 0.2) is 204 Å². The quantitative estimate of drug-likeness (QED) is 0.165. The van der Waals surface area contributed by atoms with Crippen LogP contribution >= 0.6 is 0 Å². The SMILES string of the molecule is CCC1C(n2c3ccccc3c3ccccc32)=NC(c2cccc(-c3ccc4ccccc4c3)c2)=NC1c1cccc(-c2ccc(-c3ccccc3)cc2)c1. The first-order valence-corrected chi connectivity index (χ1v) is 19.2. The third-order valence-electron chi connectivity index (χ3n) is 11.2. The monoisotopic (exact) mass is 705 g/mol. The van der Waals surface area contributed by atoms with Crippen LogP contribution in [-0.4, -0.2) is 16.2 Å². The molecule has 0 fully saturated rings. The summed E-state index contributed by atoms with van der Waals surface area (Å²) in [6, 6.07) is 69.7. The van der Waals surface area contributed by atoms with Crippen molar-refractivity contribution in [3.63, 3.8) is 0 Å². The summed E-state index contributed by atoms with van der Waals surface area (Å²) in [5.41, 5.74) is 11.7. The number of aliphatic imine (C=N–C) groups is 2. The second-order valence-electron chi connectivity index (χ2n) is 14.5. The molecule has 0 N–H and O–H groups in total. The van der Waals surface area contributed by atoms with Gasteiger partial charge in [-0.3, -0.25) is 9.56 Å². The molecule has 0 spiro atoms.